The summed E-state index contributed by atoms with van der Waals surface area (Å²) in [5.74, 6) is 0.0110. The van der Waals surface area contributed by atoms with Crippen LogP contribution in [0.1, 0.15) is 17.3 Å². The second-order valence-corrected chi connectivity index (χ2v) is 9.98. The number of hydrogen-bond donors (Lipinski definition) is 0. The first-order valence-corrected chi connectivity index (χ1v) is 12.4. The fraction of sp³-hybridized carbons (Fsp3) is 0.286. The van der Waals surface area contributed by atoms with Gasteiger partial charge >= 0.3 is 5.97 Å². The number of nitrogens with zero attached hydrogens (tertiary/aromatic N) is 2. The molecule has 0 atom stereocenters. The van der Waals surface area contributed by atoms with E-state index < -0.39 is 21.7 Å². The number of ether oxygens (including phenoxy) is 3. The van der Waals surface area contributed by atoms with Crippen LogP contribution < -0.4 is 14.3 Å². The summed E-state index contributed by atoms with van der Waals surface area (Å²) in [6.45, 7) is 2.62. The van der Waals surface area contributed by atoms with Crippen molar-refractivity contribution in [1.29, 1.82) is 0 Å². The molecule has 4 rings (SSSR count). The van der Waals surface area contributed by atoms with Gasteiger partial charge in [-0.1, -0.05) is 17.4 Å². The Morgan fingerprint density at radius 3 is 2.56 bits per heavy atom. The fourth-order valence-corrected chi connectivity index (χ4v) is 4.90. The van der Waals surface area contributed by atoms with Gasteiger partial charge in [-0.15, -0.1) is 0 Å². The predicted octanol–water partition coefficient (Wildman–Crippen LogP) is 2.18. The Bertz CT molecular complexity index is 1390. The Kier molecular flexibility index (Phi) is 6.02. The number of benzene rings is 2. The van der Waals surface area contributed by atoms with Gasteiger partial charge in [-0.2, -0.15) is 4.99 Å². The number of carbonyl (C=O) groups is 2. The van der Waals surface area contributed by atoms with Crippen molar-refractivity contribution in [3.63, 3.8) is 0 Å². The molecular formula is C21H20N2O7S2. The number of aromatic nitrogens is 1. The minimum Gasteiger partial charge on any atom is -0.486 e. The quantitative estimate of drug-likeness (QED) is 0.519. The first-order valence-electron chi connectivity index (χ1n) is 9.74. The second kappa shape index (κ2) is 8.75. The van der Waals surface area contributed by atoms with E-state index in [1.54, 1.807) is 23.6 Å². The van der Waals surface area contributed by atoms with Crippen molar-refractivity contribution in [3.8, 4) is 11.5 Å². The molecule has 1 aromatic heterocycles. The third-order valence-corrected chi connectivity index (χ3v) is 6.80. The smallest absolute Gasteiger partial charge is 0.326 e. The van der Waals surface area contributed by atoms with Crippen LogP contribution in [-0.2, 0) is 25.9 Å². The lowest BCUT2D eigenvalue weighted by Crippen LogP contribution is -2.23. The highest BCUT2D eigenvalue weighted by molar-refractivity contribution is 7.90. The summed E-state index contributed by atoms with van der Waals surface area (Å²) in [6.07, 6.45) is 1.07. The maximum Gasteiger partial charge on any atom is 0.326 e. The summed E-state index contributed by atoms with van der Waals surface area (Å²) in [4.78, 5) is 29.6. The van der Waals surface area contributed by atoms with E-state index in [0.717, 1.165) is 11.0 Å². The Balaban J connectivity index is 1.84. The van der Waals surface area contributed by atoms with Crippen molar-refractivity contribution in [2.24, 2.45) is 4.99 Å². The molecule has 0 unspecified atom stereocenters. The molecule has 1 aliphatic heterocycles. The third kappa shape index (κ3) is 4.53. The Morgan fingerprint density at radius 2 is 1.88 bits per heavy atom. The lowest BCUT2D eigenvalue weighted by molar-refractivity contribution is -0.143. The number of sulfone groups is 1. The highest BCUT2D eigenvalue weighted by Gasteiger charge is 2.19. The van der Waals surface area contributed by atoms with Gasteiger partial charge in [0.15, 0.2) is 26.1 Å². The summed E-state index contributed by atoms with van der Waals surface area (Å²) in [5.41, 5.74) is 0.766. The molecule has 0 bridgehead atoms. The summed E-state index contributed by atoms with van der Waals surface area (Å²) < 4.78 is 42.3. The molecule has 0 N–H and O–H groups in total. The highest BCUT2D eigenvalue weighted by atomic mass is 32.2. The SMILES string of the molecule is CCOC(=O)Cn1c(=NC(=O)c2cccc(S(C)(=O)=O)c2)sc2cc3c(cc21)OCCO3. The predicted molar refractivity (Wildman–Crippen MR) is 117 cm³/mol. The standard InChI is InChI=1S/C21H20N2O7S2/c1-3-28-19(24)12-23-15-10-16-17(30-8-7-29-16)11-18(15)31-21(23)22-20(25)13-5-4-6-14(9-13)32(2,26)27/h4-6,9-11H,3,7-8,12H2,1-2H3. The molecule has 11 heteroatoms. The van der Waals surface area contributed by atoms with E-state index >= 15 is 0 Å². The molecule has 168 valence electrons. The maximum absolute atomic E-state index is 12.9. The molecule has 0 saturated carbocycles. The molecule has 2 aromatic carbocycles. The normalized spacial score (nSPS) is 13.9. The van der Waals surface area contributed by atoms with Crippen LogP contribution >= 0.6 is 11.3 Å². The van der Waals surface area contributed by atoms with E-state index in [-0.39, 0.29) is 28.4 Å². The van der Waals surface area contributed by atoms with Gasteiger partial charge in [0.25, 0.3) is 5.91 Å². The van der Waals surface area contributed by atoms with Gasteiger partial charge in [-0.05, 0) is 25.1 Å². The van der Waals surface area contributed by atoms with Gasteiger partial charge < -0.3 is 18.8 Å². The number of thiazole rings is 1. The molecule has 3 aromatic rings. The van der Waals surface area contributed by atoms with Crippen LogP contribution in [0.3, 0.4) is 0 Å². The Hall–Kier alpha value is -3.18. The van der Waals surface area contributed by atoms with Crippen molar-refractivity contribution in [1.82, 2.24) is 4.57 Å². The number of esters is 1. The van der Waals surface area contributed by atoms with E-state index in [2.05, 4.69) is 4.99 Å². The van der Waals surface area contributed by atoms with Crippen molar-refractivity contribution >= 4 is 43.3 Å². The lowest BCUT2D eigenvalue weighted by atomic mass is 10.2. The minimum absolute atomic E-state index is 0.0243. The summed E-state index contributed by atoms with van der Waals surface area (Å²) in [6, 6.07) is 9.20. The van der Waals surface area contributed by atoms with Crippen molar-refractivity contribution < 1.29 is 32.2 Å². The lowest BCUT2D eigenvalue weighted by Gasteiger charge is -2.18. The van der Waals surface area contributed by atoms with Gasteiger partial charge in [0.2, 0.25) is 0 Å². The topological polar surface area (TPSA) is 113 Å². The molecule has 1 amide bonds. The molecule has 9 nitrogen and oxygen atoms in total. The molecule has 1 aliphatic rings. The molecule has 0 spiro atoms. The number of hydrogen-bond acceptors (Lipinski definition) is 8. The number of carbonyl (C=O) groups excluding carboxylic acids is 2. The largest absolute Gasteiger partial charge is 0.486 e. The summed E-state index contributed by atoms with van der Waals surface area (Å²) in [5, 5.41) is 0. The van der Waals surface area contributed by atoms with Crippen LogP contribution in [0.4, 0.5) is 0 Å². The molecule has 32 heavy (non-hydrogen) atoms. The fourth-order valence-electron chi connectivity index (χ4n) is 3.19. The van der Waals surface area contributed by atoms with E-state index in [1.165, 1.54) is 35.6 Å². The maximum atomic E-state index is 12.9. The van der Waals surface area contributed by atoms with Gasteiger partial charge in [0, 0.05) is 24.0 Å². The summed E-state index contributed by atoms with van der Waals surface area (Å²) in [7, 11) is -3.48. The Morgan fingerprint density at radius 1 is 1.16 bits per heavy atom. The van der Waals surface area contributed by atoms with Crippen LogP contribution in [0.5, 0.6) is 11.5 Å². The van der Waals surface area contributed by atoms with Gasteiger partial charge in [0.1, 0.15) is 19.8 Å². The molecular weight excluding hydrogens is 456 g/mol. The Labute approximate surface area is 187 Å². The third-order valence-electron chi connectivity index (χ3n) is 4.65. The average molecular weight is 477 g/mol. The highest BCUT2D eigenvalue weighted by Crippen LogP contribution is 2.35. The molecule has 0 fully saturated rings. The van der Waals surface area contributed by atoms with Gasteiger partial charge in [-0.3, -0.25) is 9.59 Å². The number of rotatable bonds is 5. The van der Waals surface area contributed by atoms with Crippen LogP contribution in [0.2, 0.25) is 0 Å². The number of amides is 1. The van der Waals surface area contributed by atoms with Crippen molar-refractivity contribution in [2.45, 2.75) is 18.4 Å². The number of fused-ring (bicyclic) bond motifs is 2. The zero-order valence-electron chi connectivity index (χ0n) is 17.4. The van der Waals surface area contributed by atoms with E-state index in [9.17, 15) is 18.0 Å². The van der Waals surface area contributed by atoms with E-state index in [1.807, 2.05) is 0 Å². The second-order valence-electron chi connectivity index (χ2n) is 6.96. The molecule has 0 aliphatic carbocycles. The van der Waals surface area contributed by atoms with Crippen LogP contribution in [0, 0.1) is 0 Å². The van der Waals surface area contributed by atoms with Crippen molar-refractivity contribution in [2.75, 3.05) is 26.1 Å². The van der Waals surface area contributed by atoms with Crippen molar-refractivity contribution in [3.05, 3.63) is 46.8 Å². The monoisotopic (exact) mass is 476 g/mol. The van der Waals surface area contributed by atoms with Gasteiger partial charge in [0.05, 0.1) is 21.7 Å². The van der Waals surface area contributed by atoms with Crippen LogP contribution in [0.15, 0.2) is 46.3 Å². The molecule has 2 heterocycles. The van der Waals surface area contributed by atoms with Crippen LogP contribution in [0.25, 0.3) is 10.2 Å². The van der Waals surface area contributed by atoms with E-state index in [4.69, 9.17) is 14.2 Å². The molecule has 0 radical (unpaired) electrons. The average Bonchev–Trinajstić information content (AvgIpc) is 3.07. The summed E-state index contributed by atoms with van der Waals surface area (Å²) >= 11 is 1.20. The minimum atomic E-state index is -3.48. The van der Waals surface area contributed by atoms with E-state index in [0.29, 0.717) is 30.2 Å². The van der Waals surface area contributed by atoms with Gasteiger partial charge in [-0.25, -0.2) is 8.42 Å². The first-order chi connectivity index (χ1) is 15.3. The first kappa shape index (κ1) is 22.0. The zero-order valence-corrected chi connectivity index (χ0v) is 19.0. The zero-order chi connectivity index (χ0) is 22.9. The van der Waals surface area contributed by atoms with Crippen LogP contribution in [-0.4, -0.2) is 50.9 Å². The molecule has 0 saturated heterocycles.